The van der Waals surface area contributed by atoms with E-state index in [1.54, 1.807) is 6.07 Å². The molecule has 1 rings (SSSR count). The highest BCUT2D eigenvalue weighted by Crippen LogP contribution is 2.19. The standard InChI is InChI=1S/C19H25N3O5/c1-6-7-8-22-12(2)9-15(13(22)3)10-16(11-20)18(24)27-14(4)17(23)21-19(25)26-5/h9-10,14H,6-8H2,1-5H3,(H,21,23,25)/b16-10+/t14-/m1/s1. The van der Waals surface area contributed by atoms with E-state index in [0.29, 0.717) is 0 Å². The summed E-state index contributed by atoms with van der Waals surface area (Å²) < 4.78 is 11.4. The van der Waals surface area contributed by atoms with Crippen LogP contribution in [0.4, 0.5) is 4.79 Å². The van der Waals surface area contributed by atoms with E-state index in [-0.39, 0.29) is 5.57 Å². The van der Waals surface area contributed by atoms with Gasteiger partial charge >= 0.3 is 12.1 Å². The van der Waals surface area contributed by atoms with Crippen molar-refractivity contribution in [3.8, 4) is 6.07 Å². The number of esters is 1. The zero-order valence-electron chi connectivity index (χ0n) is 16.3. The van der Waals surface area contributed by atoms with E-state index in [1.165, 1.54) is 13.0 Å². The van der Waals surface area contributed by atoms with Crippen molar-refractivity contribution in [2.45, 2.75) is 53.2 Å². The van der Waals surface area contributed by atoms with Gasteiger partial charge in [0.15, 0.2) is 6.10 Å². The molecule has 1 atom stereocenters. The number of aryl methyl sites for hydroxylation is 1. The molecule has 0 aliphatic carbocycles. The molecule has 0 radical (unpaired) electrons. The molecule has 8 nitrogen and oxygen atoms in total. The number of imide groups is 1. The summed E-state index contributed by atoms with van der Waals surface area (Å²) in [7, 11) is 1.10. The number of alkyl carbamates (subject to hydrolysis) is 1. The molecule has 0 aliphatic rings. The first-order valence-corrected chi connectivity index (χ1v) is 8.63. The Hall–Kier alpha value is -3.08. The molecule has 1 N–H and O–H groups in total. The van der Waals surface area contributed by atoms with Crippen LogP contribution >= 0.6 is 0 Å². The van der Waals surface area contributed by atoms with Gasteiger partial charge < -0.3 is 14.0 Å². The molecule has 1 heterocycles. The number of hydrogen-bond acceptors (Lipinski definition) is 6. The van der Waals surface area contributed by atoms with Crippen molar-refractivity contribution < 1.29 is 23.9 Å². The van der Waals surface area contributed by atoms with Gasteiger partial charge in [0.05, 0.1) is 7.11 Å². The van der Waals surface area contributed by atoms with Gasteiger partial charge in [-0.05, 0) is 44.9 Å². The molecular weight excluding hydrogens is 350 g/mol. The Balaban J connectivity index is 2.94. The fourth-order valence-corrected chi connectivity index (χ4v) is 2.46. The highest BCUT2D eigenvalue weighted by Gasteiger charge is 2.22. The Kier molecular flexibility index (Phi) is 8.27. The van der Waals surface area contributed by atoms with Crippen LogP contribution in [0.3, 0.4) is 0 Å². The van der Waals surface area contributed by atoms with Crippen LogP contribution in [0, 0.1) is 25.2 Å². The maximum Gasteiger partial charge on any atom is 0.413 e. The molecular formula is C19H25N3O5. The lowest BCUT2D eigenvalue weighted by Crippen LogP contribution is -2.39. The second kappa shape index (κ2) is 10.2. The number of ether oxygens (including phenoxy) is 2. The van der Waals surface area contributed by atoms with Crippen molar-refractivity contribution in [2.75, 3.05) is 7.11 Å². The zero-order chi connectivity index (χ0) is 20.6. The Morgan fingerprint density at radius 2 is 2.04 bits per heavy atom. The number of amides is 2. The first-order chi connectivity index (χ1) is 12.7. The number of aromatic nitrogens is 1. The third-order valence-corrected chi connectivity index (χ3v) is 4.05. The van der Waals surface area contributed by atoms with Crippen molar-refractivity contribution >= 4 is 24.0 Å². The van der Waals surface area contributed by atoms with Gasteiger partial charge in [0.2, 0.25) is 0 Å². The largest absolute Gasteiger partial charge is 0.453 e. The van der Waals surface area contributed by atoms with Crippen LogP contribution in [0.1, 0.15) is 43.6 Å². The molecule has 1 aromatic heterocycles. The summed E-state index contributed by atoms with van der Waals surface area (Å²) in [5.74, 6) is -1.78. The lowest BCUT2D eigenvalue weighted by Gasteiger charge is -2.12. The van der Waals surface area contributed by atoms with Crippen molar-refractivity contribution in [2.24, 2.45) is 0 Å². The molecule has 0 spiro atoms. The summed E-state index contributed by atoms with van der Waals surface area (Å²) in [5, 5.41) is 11.2. The summed E-state index contributed by atoms with van der Waals surface area (Å²) >= 11 is 0. The van der Waals surface area contributed by atoms with Crippen LogP contribution in [0.2, 0.25) is 0 Å². The second-order valence-electron chi connectivity index (χ2n) is 6.03. The van der Waals surface area contributed by atoms with Crippen LogP contribution in [0.5, 0.6) is 0 Å². The number of carbonyl (C=O) groups excluding carboxylic acids is 3. The zero-order valence-corrected chi connectivity index (χ0v) is 16.3. The maximum atomic E-state index is 12.2. The van der Waals surface area contributed by atoms with Gasteiger partial charge in [-0.15, -0.1) is 0 Å². The first-order valence-electron chi connectivity index (χ1n) is 8.63. The summed E-state index contributed by atoms with van der Waals surface area (Å²) in [6.45, 7) is 8.14. The molecule has 1 aromatic rings. The highest BCUT2D eigenvalue weighted by atomic mass is 16.6. The molecule has 2 amide bonds. The van der Waals surface area contributed by atoms with E-state index in [2.05, 4.69) is 16.2 Å². The van der Waals surface area contributed by atoms with E-state index in [4.69, 9.17) is 4.74 Å². The monoisotopic (exact) mass is 375 g/mol. The third-order valence-electron chi connectivity index (χ3n) is 4.05. The van der Waals surface area contributed by atoms with E-state index in [1.807, 2.05) is 25.2 Å². The fourth-order valence-electron chi connectivity index (χ4n) is 2.46. The van der Waals surface area contributed by atoms with Gasteiger partial charge in [0.1, 0.15) is 11.6 Å². The third kappa shape index (κ3) is 5.99. The van der Waals surface area contributed by atoms with E-state index >= 15 is 0 Å². The number of unbranched alkanes of at least 4 members (excludes halogenated alkanes) is 1. The smallest absolute Gasteiger partial charge is 0.413 e. The molecule has 8 heteroatoms. The van der Waals surface area contributed by atoms with Crippen molar-refractivity contribution in [3.63, 3.8) is 0 Å². The minimum absolute atomic E-state index is 0.233. The average Bonchev–Trinajstić information content (AvgIpc) is 2.90. The maximum absolute atomic E-state index is 12.2. The quantitative estimate of drug-likeness (QED) is 0.446. The predicted octanol–water partition coefficient (Wildman–Crippen LogP) is 2.63. The number of nitrogens with zero attached hydrogens (tertiary/aromatic N) is 2. The molecule has 0 aliphatic heterocycles. The highest BCUT2D eigenvalue weighted by molar-refractivity contribution is 6.00. The molecule has 0 saturated carbocycles. The van der Waals surface area contributed by atoms with Crippen LogP contribution in [0.25, 0.3) is 6.08 Å². The second-order valence-corrected chi connectivity index (χ2v) is 6.03. The SMILES string of the molecule is CCCCn1c(C)cc(/C=C(\C#N)C(=O)O[C@H](C)C(=O)NC(=O)OC)c1C. The van der Waals surface area contributed by atoms with Gasteiger partial charge in [-0.3, -0.25) is 10.1 Å². The van der Waals surface area contributed by atoms with Crippen molar-refractivity contribution in [3.05, 3.63) is 28.6 Å². The van der Waals surface area contributed by atoms with Gasteiger partial charge in [-0.1, -0.05) is 13.3 Å². The van der Waals surface area contributed by atoms with E-state index in [0.717, 1.165) is 43.4 Å². The number of rotatable bonds is 7. The predicted molar refractivity (Wildman–Crippen MR) is 98.5 cm³/mol. The van der Waals surface area contributed by atoms with Crippen LogP contribution in [0.15, 0.2) is 11.6 Å². The normalized spacial score (nSPS) is 12.1. The van der Waals surface area contributed by atoms with Crippen molar-refractivity contribution in [1.82, 2.24) is 9.88 Å². The lowest BCUT2D eigenvalue weighted by molar-refractivity contribution is -0.150. The number of hydrogen-bond donors (Lipinski definition) is 1. The Morgan fingerprint density at radius 3 is 2.59 bits per heavy atom. The van der Waals surface area contributed by atoms with Gasteiger partial charge in [0, 0.05) is 17.9 Å². The summed E-state index contributed by atoms with van der Waals surface area (Å²) in [5.41, 5.74) is 2.48. The van der Waals surface area contributed by atoms with E-state index < -0.39 is 24.1 Å². The van der Waals surface area contributed by atoms with Crippen LogP contribution in [-0.2, 0) is 25.6 Å². The van der Waals surface area contributed by atoms with E-state index in [9.17, 15) is 19.6 Å². The number of methoxy groups -OCH3 is 1. The van der Waals surface area contributed by atoms with Gasteiger partial charge in [-0.25, -0.2) is 9.59 Å². The summed E-state index contributed by atoms with van der Waals surface area (Å²) in [6.07, 6.45) is 1.31. The van der Waals surface area contributed by atoms with Crippen LogP contribution in [-0.4, -0.2) is 35.8 Å². The van der Waals surface area contributed by atoms with Crippen molar-refractivity contribution in [1.29, 1.82) is 5.26 Å². The Labute approximate surface area is 158 Å². The summed E-state index contributed by atoms with van der Waals surface area (Å²) in [4.78, 5) is 35.0. The molecule has 27 heavy (non-hydrogen) atoms. The fraction of sp³-hybridized carbons (Fsp3) is 0.474. The number of nitrogens with one attached hydrogen (secondary N) is 1. The molecule has 0 unspecified atom stereocenters. The first kappa shape index (κ1) is 22.0. The minimum atomic E-state index is -1.26. The molecule has 0 fully saturated rings. The lowest BCUT2D eigenvalue weighted by atomic mass is 10.1. The molecule has 0 saturated heterocycles. The number of carbonyl (C=O) groups is 3. The Bertz CT molecular complexity index is 786. The van der Waals surface area contributed by atoms with Gasteiger partial charge in [0.25, 0.3) is 5.91 Å². The summed E-state index contributed by atoms with van der Waals surface area (Å²) in [6, 6.07) is 3.69. The average molecular weight is 375 g/mol. The molecule has 0 aromatic carbocycles. The van der Waals surface area contributed by atoms with Crippen LogP contribution < -0.4 is 5.32 Å². The topological polar surface area (TPSA) is 110 Å². The molecule has 146 valence electrons. The number of nitriles is 1. The minimum Gasteiger partial charge on any atom is -0.453 e. The molecule has 0 bridgehead atoms. The van der Waals surface area contributed by atoms with Gasteiger partial charge in [-0.2, -0.15) is 5.26 Å². The Morgan fingerprint density at radius 1 is 1.37 bits per heavy atom.